The number of rotatable bonds is 4. The zero-order valence-electron chi connectivity index (χ0n) is 9.98. The van der Waals surface area contributed by atoms with Gasteiger partial charge in [0.05, 0.1) is 15.5 Å². The van der Waals surface area contributed by atoms with Crippen LogP contribution in [0.4, 0.5) is 10.1 Å². The fourth-order valence-corrected chi connectivity index (χ4v) is 2.03. The average Bonchev–Trinajstić information content (AvgIpc) is 2.39. The Morgan fingerprint density at radius 3 is 2.70 bits per heavy atom. The minimum Gasteiger partial charge on any atom is -0.487 e. The summed E-state index contributed by atoms with van der Waals surface area (Å²) in [5.74, 6) is -0.215. The van der Waals surface area contributed by atoms with Crippen molar-refractivity contribution < 1.29 is 14.1 Å². The lowest BCUT2D eigenvalue weighted by atomic mass is 10.2. The second-order valence-electron chi connectivity index (χ2n) is 3.90. The Hall–Kier alpha value is -1.66. The van der Waals surface area contributed by atoms with E-state index in [-0.39, 0.29) is 18.0 Å². The minimum atomic E-state index is -0.526. The summed E-state index contributed by atoms with van der Waals surface area (Å²) < 4.78 is 19.5. The first-order valence-electron chi connectivity index (χ1n) is 5.48. The molecule has 104 valence electrons. The molecule has 0 unspecified atom stereocenters. The lowest BCUT2D eigenvalue weighted by Crippen LogP contribution is -1.99. The summed E-state index contributed by atoms with van der Waals surface area (Å²) >= 11 is 8.87. The monoisotopic (exact) mass is 359 g/mol. The summed E-state index contributed by atoms with van der Waals surface area (Å²) in [6, 6.07) is 8.36. The van der Waals surface area contributed by atoms with Gasteiger partial charge in [-0.25, -0.2) is 4.39 Å². The van der Waals surface area contributed by atoms with Gasteiger partial charge < -0.3 is 4.74 Å². The maximum absolute atomic E-state index is 13.6. The maximum atomic E-state index is 13.6. The minimum absolute atomic E-state index is 0.0528. The van der Waals surface area contributed by atoms with Gasteiger partial charge in [-0.15, -0.1) is 0 Å². The van der Waals surface area contributed by atoms with Crippen LogP contribution >= 0.6 is 27.5 Å². The molecule has 0 saturated carbocycles. The van der Waals surface area contributed by atoms with Crippen LogP contribution in [-0.2, 0) is 6.61 Å². The quantitative estimate of drug-likeness (QED) is 0.585. The number of nitro groups is 1. The second-order valence-corrected chi connectivity index (χ2v) is 5.19. The van der Waals surface area contributed by atoms with Crippen LogP contribution in [0.15, 0.2) is 40.9 Å². The van der Waals surface area contributed by atoms with E-state index < -0.39 is 10.7 Å². The van der Waals surface area contributed by atoms with Crippen LogP contribution in [0.1, 0.15) is 5.56 Å². The molecule has 2 aromatic carbocycles. The van der Waals surface area contributed by atoms with Crippen LogP contribution in [0.2, 0.25) is 5.02 Å². The number of nitro benzene ring substituents is 1. The molecule has 20 heavy (non-hydrogen) atoms. The van der Waals surface area contributed by atoms with Crippen LogP contribution in [0, 0.1) is 15.9 Å². The van der Waals surface area contributed by atoms with Crippen molar-refractivity contribution in [2.24, 2.45) is 0 Å². The Morgan fingerprint density at radius 1 is 1.30 bits per heavy atom. The Morgan fingerprint density at radius 2 is 2.05 bits per heavy atom. The van der Waals surface area contributed by atoms with Gasteiger partial charge in [0.15, 0.2) is 0 Å². The molecule has 0 aromatic heterocycles. The van der Waals surface area contributed by atoms with Gasteiger partial charge >= 0.3 is 0 Å². The number of ether oxygens (including phenoxy) is 1. The highest BCUT2D eigenvalue weighted by molar-refractivity contribution is 9.10. The highest BCUT2D eigenvalue weighted by Gasteiger charge is 2.11. The number of hydrogen-bond acceptors (Lipinski definition) is 3. The number of hydrogen-bond donors (Lipinski definition) is 0. The van der Waals surface area contributed by atoms with E-state index in [1.165, 1.54) is 30.3 Å². The fraction of sp³-hybridized carbons (Fsp3) is 0.0769. The van der Waals surface area contributed by atoms with Gasteiger partial charge in [0.1, 0.15) is 18.2 Å². The SMILES string of the molecule is O=[N+]([O-])c1ccc(Br)c(OCc2ccc(Cl)cc2F)c1. The van der Waals surface area contributed by atoms with Gasteiger partial charge in [-0.3, -0.25) is 10.1 Å². The van der Waals surface area contributed by atoms with E-state index in [0.29, 0.717) is 15.1 Å². The number of halogens is 3. The highest BCUT2D eigenvalue weighted by atomic mass is 79.9. The van der Waals surface area contributed by atoms with Crippen molar-refractivity contribution in [1.29, 1.82) is 0 Å². The molecule has 2 rings (SSSR count). The molecule has 0 aliphatic heterocycles. The molecule has 0 heterocycles. The first-order chi connectivity index (χ1) is 9.47. The van der Waals surface area contributed by atoms with E-state index in [0.717, 1.165) is 0 Å². The number of benzene rings is 2. The van der Waals surface area contributed by atoms with Crippen molar-refractivity contribution in [2.45, 2.75) is 6.61 Å². The predicted octanol–water partition coefficient (Wildman–Crippen LogP) is 4.73. The van der Waals surface area contributed by atoms with E-state index in [1.807, 2.05) is 0 Å². The molecule has 7 heteroatoms. The van der Waals surface area contributed by atoms with E-state index in [9.17, 15) is 14.5 Å². The predicted molar refractivity (Wildman–Crippen MR) is 76.5 cm³/mol. The van der Waals surface area contributed by atoms with Crippen LogP contribution in [0.3, 0.4) is 0 Å². The van der Waals surface area contributed by atoms with Crippen molar-refractivity contribution >= 4 is 33.2 Å². The summed E-state index contributed by atoms with van der Waals surface area (Å²) in [5, 5.41) is 11.0. The normalized spacial score (nSPS) is 10.3. The summed E-state index contributed by atoms with van der Waals surface area (Å²) in [6.45, 7) is -0.0528. The molecular weight excluding hydrogens is 353 g/mol. The second kappa shape index (κ2) is 6.19. The average molecular weight is 361 g/mol. The highest BCUT2D eigenvalue weighted by Crippen LogP contribution is 2.30. The fourth-order valence-electron chi connectivity index (χ4n) is 1.51. The summed E-state index contributed by atoms with van der Waals surface area (Å²) in [4.78, 5) is 10.2. The zero-order chi connectivity index (χ0) is 14.7. The standard InChI is InChI=1S/C13H8BrClFNO3/c14-11-4-3-10(17(18)19)6-13(11)20-7-8-1-2-9(15)5-12(8)16/h1-6H,7H2. The number of non-ortho nitro benzene ring substituents is 1. The molecule has 0 amide bonds. The molecular formula is C13H8BrClFNO3. The molecule has 0 fully saturated rings. The smallest absolute Gasteiger partial charge is 0.273 e. The van der Waals surface area contributed by atoms with E-state index >= 15 is 0 Å². The topological polar surface area (TPSA) is 52.4 Å². The van der Waals surface area contributed by atoms with Crippen molar-refractivity contribution in [2.75, 3.05) is 0 Å². The number of nitrogens with zero attached hydrogens (tertiary/aromatic N) is 1. The van der Waals surface area contributed by atoms with Gasteiger partial charge in [0.25, 0.3) is 5.69 Å². The molecule has 0 aliphatic rings. The Bertz CT molecular complexity index is 666. The maximum Gasteiger partial charge on any atom is 0.273 e. The van der Waals surface area contributed by atoms with E-state index in [4.69, 9.17) is 16.3 Å². The van der Waals surface area contributed by atoms with Crippen molar-refractivity contribution in [1.82, 2.24) is 0 Å². The van der Waals surface area contributed by atoms with Gasteiger partial charge in [0, 0.05) is 16.7 Å². The molecule has 2 aromatic rings. The van der Waals surface area contributed by atoms with Gasteiger partial charge in [0.2, 0.25) is 0 Å². The van der Waals surface area contributed by atoms with Gasteiger partial charge in [-0.2, -0.15) is 0 Å². The molecule has 0 N–H and O–H groups in total. The summed E-state index contributed by atoms with van der Waals surface area (Å²) in [7, 11) is 0. The van der Waals surface area contributed by atoms with Crippen molar-refractivity contribution in [3.63, 3.8) is 0 Å². The molecule has 0 bridgehead atoms. The first-order valence-corrected chi connectivity index (χ1v) is 6.65. The van der Waals surface area contributed by atoms with Crippen LogP contribution in [0.5, 0.6) is 5.75 Å². The lowest BCUT2D eigenvalue weighted by Gasteiger charge is -2.09. The first kappa shape index (κ1) is 14.7. The van der Waals surface area contributed by atoms with Crippen molar-refractivity contribution in [3.05, 3.63) is 67.4 Å². The molecule has 0 spiro atoms. The van der Waals surface area contributed by atoms with Crippen LogP contribution in [-0.4, -0.2) is 4.92 Å². The third-order valence-electron chi connectivity index (χ3n) is 2.52. The Balaban J connectivity index is 2.18. The molecule has 0 radical (unpaired) electrons. The largest absolute Gasteiger partial charge is 0.487 e. The molecule has 0 saturated heterocycles. The Kier molecular flexibility index (Phi) is 4.57. The van der Waals surface area contributed by atoms with Gasteiger partial charge in [-0.05, 0) is 34.1 Å². The van der Waals surface area contributed by atoms with Crippen molar-refractivity contribution in [3.8, 4) is 5.75 Å². The van der Waals surface area contributed by atoms with E-state index in [2.05, 4.69) is 15.9 Å². The van der Waals surface area contributed by atoms with Gasteiger partial charge in [-0.1, -0.05) is 17.7 Å². The zero-order valence-corrected chi connectivity index (χ0v) is 12.3. The molecule has 0 atom stereocenters. The van der Waals surface area contributed by atoms with Crippen LogP contribution < -0.4 is 4.74 Å². The molecule has 4 nitrogen and oxygen atoms in total. The summed E-state index contributed by atoms with van der Waals surface area (Å²) in [6.07, 6.45) is 0. The molecule has 0 aliphatic carbocycles. The Labute approximate surface area is 127 Å². The third-order valence-corrected chi connectivity index (χ3v) is 3.41. The van der Waals surface area contributed by atoms with Crippen LogP contribution in [0.25, 0.3) is 0 Å². The van der Waals surface area contributed by atoms with E-state index in [1.54, 1.807) is 6.07 Å². The lowest BCUT2D eigenvalue weighted by molar-refractivity contribution is -0.385. The third kappa shape index (κ3) is 3.46. The summed E-state index contributed by atoms with van der Waals surface area (Å²) in [5.41, 5.74) is 0.215.